The SMILES string of the molecule is O=C(NCCc1cccc(F)c1)c1ccc(F)c(S(=O)(=O)N2CCOCC2)c1. The molecule has 2 aromatic rings. The van der Waals surface area contributed by atoms with Crippen LogP contribution in [0.4, 0.5) is 8.78 Å². The topological polar surface area (TPSA) is 75.7 Å². The fraction of sp³-hybridized carbons (Fsp3) is 0.316. The monoisotopic (exact) mass is 410 g/mol. The van der Waals surface area contributed by atoms with Crippen molar-refractivity contribution in [3.8, 4) is 0 Å². The van der Waals surface area contributed by atoms with Crippen LogP contribution in [0.5, 0.6) is 0 Å². The first kappa shape index (κ1) is 20.4. The van der Waals surface area contributed by atoms with Gasteiger partial charge in [-0.25, -0.2) is 17.2 Å². The lowest BCUT2D eigenvalue weighted by atomic mass is 10.1. The number of rotatable bonds is 6. The number of sulfonamides is 1. The van der Waals surface area contributed by atoms with E-state index in [0.717, 1.165) is 22.0 Å². The van der Waals surface area contributed by atoms with Crippen molar-refractivity contribution < 1.29 is 26.7 Å². The number of hydrogen-bond donors (Lipinski definition) is 1. The van der Waals surface area contributed by atoms with Gasteiger partial charge in [0, 0.05) is 25.2 Å². The number of nitrogens with zero attached hydrogens (tertiary/aromatic N) is 1. The summed E-state index contributed by atoms with van der Waals surface area (Å²) in [7, 11) is -4.06. The van der Waals surface area contributed by atoms with Crippen LogP contribution in [-0.2, 0) is 21.2 Å². The zero-order valence-electron chi connectivity index (χ0n) is 15.0. The molecule has 1 aliphatic heterocycles. The average Bonchev–Trinajstić information content (AvgIpc) is 2.69. The summed E-state index contributed by atoms with van der Waals surface area (Å²) in [5.74, 6) is -1.81. The van der Waals surface area contributed by atoms with Gasteiger partial charge in [-0.3, -0.25) is 4.79 Å². The average molecular weight is 410 g/mol. The summed E-state index contributed by atoms with van der Waals surface area (Å²) < 4.78 is 59.0. The zero-order valence-corrected chi connectivity index (χ0v) is 15.8. The summed E-state index contributed by atoms with van der Waals surface area (Å²) >= 11 is 0. The number of carbonyl (C=O) groups excluding carboxylic acids is 1. The lowest BCUT2D eigenvalue weighted by Gasteiger charge is -2.26. The fourth-order valence-electron chi connectivity index (χ4n) is 2.88. The van der Waals surface area contributed by atoms with E-state index >= 15 is 0 Å². The predicted octanol–water partition coefficient (Wildman–Crippen LogP) is 1.96. The lowest BCUT2D eigenvalue weighted by Crippen LogP contribution is -2.41. The maximum atomic E-state index is 14.2. The van der Waals surface area contributed by atoms with E-state index in [0.29, 0.717) is 6.42 Å². The van der Waals surface area contributed by atoms with E-state index < -0.39 is 26.6 Å². The maximum absolute atomic E-state index is 14.2. The summed E-state index contributed by atoms with van der Waals surface area (Å²) in [4.78, 5) is 11.8. The molecule has 0 saturated carbocycles. The maximum Gasteiger partial charge on any atom is 0.251 e. The Bertz CT molecular complexity index is 960. The van der Waals surface area contributed by atoms with E-state index in [-0.39, 0.29) is 44.2 Å². The molecule has 150 valence electrons. The molecule has 1 saturated heterocycles. The molecule has 0 unspecified atom stereocenters. The van der Waals surface area contributed by atoms with Crippen LogP contribution in [0.3, 0.4) is 0 Å². The Balaban J connectivity index is 1.70. The van der Waals surface area contributed by atoms with E-state index in [9.17, 15) is 22.0 Å². The summed E-state index contributed by atoms with van der Waals surface area (Å²) in [6.07, 6.45) is 0.406. The van der Waals surface area contributed by atoms with Crippen molar-refractivity contribution in [3.05, 3.63) is 65.2 Å². The number of carbonyl (C=O) groups is 1. The molecule has 0 radical (unpaired) electrons. The summed E-state index contributed by atoms with van der Waals surface area (Å²) in [5.41, 5.74) is 0.752. The highest BCUT2D eigenvalue weighted by Crippen LogP contribution is 2.22. The Hall–Kier alpha value is -2.36. The summed E-state index contributed by atoms with van der Waals surface area (Å²) in [5, 5.41) is 2.63. The minimum Gasteiger partial charge on any atom is -0.379 e. The molecule has 0 aliphatic carbocycles. The van der Waals surface area contributed by atoms with Crippen LogP contribution in [-0.4, -0.2) is 51.5 Å². The van der Waals surface area contributed by atoms with Crippen molar-refractivity contribution in [1.82, 2.24) is 9.62 Å². The second-order valence-electron chi connectivity index (χ2n) is 6.30. The quantitative estimate of drug-likeness (QED) is 0.790. The first-order valence-electron chi connectivity index (χ1n) is 8.78. The molecule has 28 heavy (non-hydrogen) atoms. The molecule has 1 heterocycles. The summed E-state index contributed by atoms with van der Waals surface area (Å²) in [6, 6.07) is 9.25. The Labute approximate surface area is 162 Å². The molecular formula is C19H20F2N2O4S. The number of morpholine rings is 1. The summed E-state index contributed by atoms with van der Waals surface area (Å²) in [6.45, 7) is 0.963. The second-order valence-corrected chi connectivity index (χ2v) is 8.20. The van der Waals surface area contributed by atoms with E-state index in [1.165, 1.54) is 18.2 Å². The molecule has 2 aromatic carbocycles. The third-order valence-electron chi connectivity index (χ3n) is 4.37. The predicted molar refractivity (Wildman–Crippen MR) is 98.4 cm³/mol. The van der Waals surface area contributed by atoms with Gasteiger partial charge in [-0.15, -0.1) is 0 Å². The van der Waals surface area contributed by atoms with Crippen molar-refractivity contribution in [2.45, 2.75) is 11.3 Å². The van der Waals surface area contributed by atoms with Gasteiger partial charge in [-0.1, -0.05) is 12.1 Å². The Morgan fingerprint density at radius 3 is 2.57 bits per heavy atom. The molecule has 3 rings (SSSR count). The van der Waals surface area contributed by atoms with Crippen molar-refractivity contribution in [1.29, 1.82) is 0 Å². The molecule has 0 bridgehead atoms. The van der Waals surface area contributed by atoms with Gasteiger partial charge < -0.3 is 10.1 Å². The lowest BCUT2D eigenvalue weighted by molar-refractivity contribution is 0.0729. The minimum absolute atomic E-state index is 0.0347. The molecular weight excluding hydrogens is 390 g/mol. The Morgan fingerprint density at radius 2 is 1.86 bits per heavy atom. The van der Waals surface area contributed by atoms with E-state index in [2.05, 4.69) is 5.32 Å². The third kappa shape index (κ3) is 4.73. The molecule has 1 amide bonds. The highest BCUT2D eigenvalue weighted by atomic mass is 32.2. The molecule has 1 fully saturated rings. The normalized spacial score (nSPS) is 15.4. The van der Waals surface area contributed by atoms with E-state index in [1.807, 2.05) is 0 Å². The molecule has 0 atom stereocenters. The van der Waals surface area contributed by atoms with Crippen LogP contribution in [0.1, 0.15) is 15.9 Å². The van der Waals surface area contributed by atoms with Gasteiger partial charge in [0.1, 0.15) is 16.5 Å². The van der Waals surface area contributed by atoms with Crippen LogP contribution in [0.15, 0.2) is 47.4 Å². The third-order valence-corrected chi connectivity index (χ3v) is 6.28. The molecule has 6 nitrogen and oxygen atoms in total. The Morgan fingerprint density at radius 1 is 1.11 bits per heavy atom. The van der Waals surface area contributed by atoms with Gasteiger partial charge in [0.2, 0.25) is 10.0 Å². The number of halogens is 2. The molecule has 1 N–H and O–H groups in total. The molecule has 0 spiro atoms. The standard InChI is InChI=1S/C19H20F2N2O4S/c20-16-3-1-2-14(12-16)6-7-22-19(24)15-4-5-17(21)18(13-15)28(25,26)23-8-10-27-11-9-23/h1-5,12-13H,6-11H2,(H,22,24). The smallest absolute Gasteiger partial charge is 0.251 e. The van der Waals surface area contributed by atoms with E-state index in [4.69, 9.17) is 4.74 Å². The first-order valence-corrected chi connectivity index (χ1v) is 10.2. The van der Waals surface area contributed by atoms with Gasteiger partial charge in [-0.05, 0) is 42.3 Å². The number of ether oxygens (including phenoxy) is 1. The highest BCUT2D eigenvalue weighted by molar-refractivity contribution is 7.89. The van der Waals surface area contributed by atoms with Crippen molar-refractivity contribution in [2.24, 2.45) is 0 Å². The zero-order chi connectivity index (χ0) is 20.1. The van der Waals surface area contributed by atoms with Crippen LogP contribution in [0.25, 0.3) is 0 Å². The Kier molecular flexibility index (Phi) is 6.38. The first-order chi connectivity index (χ1) is 13.4. The van der Waals surface area contributed by atoms with Crippen LogP contribution in [0, 0.1) is 11.6 Å². The second kappa shape index (κ2) is 8.76. The fourth-order valence-corrected chi connectivity index (χ4v) is 4.38. The van der Waals surface area contributed by atoms with Gasteiger partial charge in [-0.2, -0.15) is 4.31 Å². The van der Waals surface area contributed by atoms with Crippen molar-refractivity contribution >= 4 is 15.9 Å². The van der Waals surface area contributed by atoms with Crippen molar-refractivity contribution in [2.75, 3.05) is 32.8 Å². The molecule has 9 heteroatoms. The number of amides is 1. The van der Waals surface area contributed by atoms with Gasteiger partial charge in [0.15, 0.2) is 0 Å². The van der Waals surface area contributed by atoms with Gasteiger partial charge in [0.05, 0.1) is 13.2 Å². The minimum atomic E-state index is -4.06. The van der Waals surface area contributed by atoms with Crippen molar-refractivity contribution in [3.63, 3.8) is 0 Å². The van der Waals surface area contributed by atoms with E-state index in [1.54, 1.807) is 12.1 Å². The van der Waals surface area contributed by atoms with Gasteiger partial charge in [0.25, 0.3) is 5.91 Å². The number of nitrogens with one attached hydrogen (secondary N) is 1. The van der Waals surface area contributed by atoms with Crippen LogP contribution in [0.2, 0.25) is 0 Å². The number of hydrogen-bond acceptors (Lipinski definition) is 4. The number of benzene rings is 2. The highest BCUT2D eigenvalue weighted by Gasteiger charge is 2.29. The van der Waals surface area contributed by atoms with Crippen LogP contribution >= 0.6 is 0 Å². The molecule has 1 aliphatic rings. The van der Waals surface area contributed by atoms with Gasteiger partial charge >= 0.3 is 0 Å². The van der Waals surface area contributed by atoms with Crippen LogP contribution < -0.4 is 5.32 Å². The molecule has 0 aromatic heterocycles. The largest absolute Gasteiger partial charge is 0.379 e.